The summed E-state index contributed by atoms with van der Waals surface area (Å²) in [6.45, 7) is 0.590. The largest absolute Gasteiger partial charge is 0.272 e. The van der Waals surface area contributed by atoms with Crippen molar-refractivity contribution in [1.82, 2.24) is 9.78 Å². The van der Waals surface area contributed by atoms with Gasteiger partial charge in [-0.1, -0.05) is 30.3 Å². The number of anilines is 1. The van der Waals surface area contributed by atoms with Gasteiger partial charge in [0, 0.05) is 12.3 Å². The molecule has 0 aliphatic heterocycles. The van der Waals surface area contributed by atoms with Crippen molar-refractivity contribution in [3.63, 3.8) is 0 Å². The summed E-state index contributed by atoms with van der Waals surface area (Å²) in [4.78, 5) is 0. The monoisotopic (exact) mass is 397 g/mol. The Bertz CT molecular complexity index is 872. The molecular weight excluding hydrogens is 386 g/mol. The number of nitrogens with zero attached hydrogens (tertiary/aromatic N) is 2. The molecule has 5 nitrogen and oxygen atoms in total. The third-order valence-corrected chi connectivity index (χ3v) is 6.35. The van der Waals surface area contributed by atoms with Crippen molar-refractivity contribution in [2.45, 2.75) is 10.8 Å². The topological polar surface area (TPSA) is 64.0 Å². The number of benzene rings is 1. The average Bonchev–Trinajstić information content (AvgIpc) is 3.09. The highest BCUT2D eigenvalue weighted by Crippen LogP contribution is 2.27. The van der Waals surface area contributed by atoms with E-state index in [1.54, 1.807) is 29.1 Å². The number of hydrogen-bond donors (Lipinski definition) is 1. The number of aromatic nitrogens is 2. The molecule has 0 aliphatic carbocycles. The van der Waals surface area contributed by atoms with Gasteiger partial charge in [-0.25, -0.2) is 8.42 Å². The van der Waals surface area contributed by atoms with E-state index in [0.29, 0.717) is 12.4 Å². The number of sulfonamides is 1. The van der Waals surface area contributed by atoms with E-state index in [2.05, 4.69) is 25.8 Å². The summed E-state index contributed by atoms with van der Waals surface area (Å²) in [5.41, 5.74) is 1.10. The summed E-state index contributed by atoms with van der Waals surface area (Å²) in [5, 5.41) is 4.24. The zero-order valence-corrected chi connectivity index (χ0v) is 14.5. The van der Waals surface area contributed by atoms with E-state index in [-0.39, 0.29) is 4.21 Å². The van der Waals surface area contributed by atoms with Gasteiger partial charge in [0.25, 0.3) is 10.0 Å². The van der Waals surface area contributed by atoms with Gasteiger partial charge in [-0.05, 0) is 33.6 Å². The standard InChI is InChI=1S/C14H12BrN3O2S2/c15-12-6-7-14(21-12)22(19,20)17-13-8-9-18(16-13)10-11-4-2-1-3-5-11/h1-9H,10H2,(H,16,17). The van der Waals surface area contributed by atoms with Crippen molar-refractivity contribution >= 4 is 43.1 Å². The van der Waals surface area contributed by atoms with Crippen LogP contribution in [0.4, 0.5) is 5.82 Å². The van der Waals surface area contributed by atoms with Crippen LogP contribution >= 0.6 is 27.3 Å². The maximum absolute atomic E-state index is 12.2. The smallest absolute Gasteiger partial charge is 0.266 e. The molecular formula is C14H12BrN3O2S2. The second kappa shape index (κ2) is 6.23. The highest BCUT2D eigenvalue weighted by atomic mass is 79.9. The second-order valence-electron chi connectivity index (χ2n) is 4.55. The number of hydrogen-bond acceptors (Lipinski definition) is 4. The molecule has 0 aliphatic rings. The van der Waals surface area contributed by atoms with Crippen molar-refractivity contribution in [3.05, 3.63) is 64.1 Å². The minimum atomic E-state index is -3.59. The molecule has 0 saturated heterocycles. The Kier molecular flexibility index (Phi) is 4.32. The zero-order chi connectivity index (χ0) is 15.6. The van der Waals surface area contributed by atoms with Gasteiger partial charge < -0.3 is 0 Å². The lowest BCUT2D eigenvalue weighted by molar-refractivity contribution is 0.602. The molecule has 1 aromatic carbocycles. The van der Waals surface area contributed by atoms with Crippen LogP contribution in [0, 0.1) is 0 Å². The first-order valence-electron chi connectivity index (χ1n) is 6.38. The third kappa shape index (κ3) is 3.57. The maximum Gasteiger partial charge on any atom is 0.272 e. The quantitative estimate of drug-likeness (QED) is 0.715. The average molecular weight is 398 g/mol. The summed E-state index contributed by atoms with van der Waals surface area (Å²) in [6.07, 6.45) is 1.75. The molecule has 0 radical (unpaired) electrons. The van der Waals surface area contributed by atoms with Crippen molar-refractivity contribution in [1.29, 1.82) is 0 Å². The first-order chi connectivity index (χ1) is 10.5. The van der Waals surface area contributed by atoms with Crippen molar-refractivity contribution in [2.24, 2.45) is 0 Å². The Morgan fingerprint density at radius 1 is 1.14 bits per heavy atom. The SMILES string of the molecule is O=S(=O)(Nc1ccn(Cc2ccccc2)n1)c1ccc(Br)s1. The van der Waals surface area contributed by atoms with E-state index in [4.69, 9.17) is 0 Å². The van der Waals surface area contributed by atoms with Crippen LogP contribution in [-0.4, -0.2) is 18.2 Å². The molecule has 0 amide bonds. The van der Waals surface area contributed by atoms with Gasteiger partial charge in [0.15, 0.2) is 5.82 Å². The molecule has 0 atom stereocenters. The van der Waals surface area contributed by atoms with E-state index in [9.17, 15) is 8.42 Å². The molecule has 114 valence electrons. The van der Waals surface area contributed by atoms with Crippen LogP contribution in [0.3, 0.4) is 0 Å². The predicted octanol–water partition coefficient (Wildman–Crippen LogP) is 3.56. The summed E-state index contributed by atoms with van der Waals surface area (Å²) in [7, 11) is -3.59. The molecule has 3 aromatic rings. The van der Waals surface area contributed by atoms with E-state index < -0.39 is 10.0 Å². The first-order valence-corrected chi connectivity index (χ1v) is 9.48. The first kappa shape index (κ1) is 15.3. The minimum absolute atomic E-state index is 0.247. The number of halogens is 1. The molecule has 0 saturated carbocycles. The molecule has 2 aromatic heterocycles. The minimum Gasteiger partial charge on any atom is -0.266 e. The Morgan fingerprint density at radius 2 is 1.91 bits per heavy atom. The van der Waals surface area contributed by atoms with Gasteiger partial charge in [-0.2, -0.15) is 5.10 Å². The second-order valence-corrected chi connectivity index (χ2v) is 8.92. The molecule has 0 spiro atoms. The van der Waals surface area contributed by atoms with Gasteiger partial charge in [0.05, 0.1) is 10.3 Å². The summed E-state index contributed by atoms with van der Waals surface area (Å²) in [6, 6.07) is 14.7. The van der Waals surface area contributed by atoms with Gasteiger partial charge in [0.1, 0.15) is 4.21 Å². The normalized spacial score (nSPS) is 11.5. The van der Waals surface area contributed by atoms with Crippen LogP contribution in [0.5, 0.6) is 0 Å². The maximum atomic E-state index is 12.2. The summed E-state index contributed by atoms with van der Waals surface area (Å²) in [5.74, 6) is 0.306. The molecule has 0 bridgehead atoms. The van der Waals surface area contributed by atoms with Crippen LogP contribution in [0.15, 0.2) is 62.7 Å². The number of nitrogens with one attached hydrogen (secondary N) is 1. The lowest BCUT2D eigenvalue weighted by Crippen LogP contribution is -2.12. The van der Waals surface area contributed by atoms with E-state index in [1.165, 1.54) is 0 Å². The van der Waals surface area contributed by atoms with E-state index >= 15 is 0 Å². The Hall–Kier alpha value is -1.64. The lowest BCUT2D eigenvalue weighted by Gasteiger charge is -2.03. The van der Waals surface area contributed by atoms with Crippen LogP contribution in [0.1, 0.15) is 5.56 Å². The zero-order valence-electron chi connectivity index (χ0n) is 11.3. The Morgan fingerprint density at radius 3 is 2.59 bits per heavy atom. The predicted molar refractivity (Wildman–Crippen MR) is 90.6 cm³/mol. The highest BCUT2D eigenvalue weighted by Gasteiger charge is 2.17. The van der Waals surface area contributed by atoms with Gasteiger partial charge in [-0.3, -0.25) is 9.40 Å². The fourth-order valence-corrected chi connectivity index (χ4v) is 4.91. The number of thiophene rings is 1. The molecule has 0 fully saturated rings. The molecule has 22 heavy (non-hydrogen) atoms. The summed E-state index contributed by atoms with van der Waals surface area (Å²) < 4.78 is 29.6. The molecule has 3 rings (SSSR count). The summed E-state index contributed by atoms with van der Waals surface area (Å²) >= 11 is 4.41. The van der Waals surface area contributed by atoms with Gasteiger partial charge >= 0.3 is 0 Å². The van der Waals surface area contributed by atoms with Gasteiger partial charge in [-0.15, -0.1) is 11.3 Å². The van der Waals surface area contributed by atoms with E-state index in [0.717, 1.165) is 20.7 Å². The lowest BCUT2D eigenvalue weighted by atomic mass is 10.2. The van der Waals surface area contributed by atoms with Crippen LogP contribution in [0.25, 0.3) is 0 Å². The highest BCUT2D eigenvalue weighted by molar-refractivity contribution is 9.11. The van der Waals surface area contributed by atoms with Crippen LogP contribution in [0.2, 0.25) is 0 Å². The van der Waals surface area contributed by atoms with Crippen molar-refractivity contribution < 1.29 is 8.42 Å². The van der Waals surface area contributed by atoms with Crippen LogP contribution < -0.4 is 4.72 Å². The van der Waals surface area contributed by atoms with Crippen LogP contribution in [-0.2, 0) is 16.6 Å². The fourth-order valence-electron chi connectivity index (χ4n) is 1.90. The molecule has 1 N–H and O–H groups in total. The molecule has 8 heteroatoms. The fraction of sp³-hybridized carbons (Fsp3) is 0.0714. The molecule has 0 unspecified atom stereocenters. The Labute approximate surface area is 140 Å². The van der Waals surface area contributed by atoms with Crippen molar-refractivity contribution in [3.8, 4) is 0 Å². The number of rotatable bonds is 5. The van der Waals surface area contributed by atoms with E-state index in [1.807, 2.05) is 30.3 Å². The van der Waals surface area contributed by atoms with Gasteiger partial charge in [0.2, 0.25) is 0 Å². The third-order valence-electron chi connectivity index (χ3n) is 2.88. The van der Waals surface area contributed by atoms with Crippen molar-refractivity contribution in [2.75, 3.05) is 4.72 Å². The molecule has 2 heterocycles. The Balaban J connectivity index is 1.74.